The molecule has 144 valence electrons. The molecule has 3 aromatic rings. The molecule has 28 heavy (non-hydrogen) atoms. The first-order valence-electron chi connectivity index (χ1n) is 8.53. The molecule has 0 saturated heterocycles. The first-order chi connectivity index (χ1) is 13.6. The Labute approximate surface area is 176 Å². The van der Waals surface area contributed by atoms with E-state index < -0.39 is 6.23 Å². The third-order valence-electron chi connectivity index (χ3n) is 4.13. The number of anilines is 1. The second kappa shape index (κ2) is 8.03. The van der Waals surface area contributed by atoms with Crippen molar-refractivity contribution in [1.82, 2.24) is 15.2 Å². The van der Waals surface area contributed by atoms with Crippen LogP contribution in [0.5, 0.6) is 11.6 Å². The zero-order valence-corrected chi connectivity index (χ0v) is 17.4. The predicted molar refractivity (Wildman–Crippen MR) is 112 cm³/mol. The lowest BCUT2D eigenvalue weighted by Gasteiger charge is -2.22. The van der Waals surface area contributed by atoms with E-state index in [-0.39, 0.29) is 0 Å². The predicted octanol–water partition coefficient (Wildman–Crippen LogP) is 5.47. The van der Waals surface area contributed by atoms with Crippen LogP contribution >= 0.6 is 35.0 Å². The zero-order chi connectivity index (χ0) is 19.7. The van der Waals surface area contributed by atoms with Gasteiger partial charge in [0.2, 0.25) is 17.3 Å². The molecule has 1 aliphatic heterocycles. The van der Waals surface area contributed by atoms with E-state index in [1.54, 1.807) is 19.2 Å². The molecule has 9 heteroatoms. The van der Waals surface area contributed by atoms with E-state index in [0.29, 0.717) is 38.1 Å². The molecule has 1 aromatic heterocycles. The van der Waals surface area contributed by atoms with Crippen molar-refractivity contribution in [3.8, 4) is 22.9 Å². The molecule has 0 amide bonds. The molecular weight excluding hydrogens is 419 g/mol. The van der Waals surface area contributed by atoms with E-state index in [0.717, 1.165) is 17.0 Å². The molecule has 4 rings (SSSR count). The summed E-state index contributed by atoms with van der Waals surface area (Å²) in [7, 11) is 1.55. The fourth-order valence-corrected chi connectivity index (χ4v) is 4.06. The lowest BCUT2D eigenvalue weighted by Crippen LogP contribution is -2.18. The van der Waals surface area contributed by atoms with Crippen LogP contribution < -0.4 is 14.8 Å². The summed E-state index contributed by atoms with van der Waals surface area (Å²) in [6.45, 7) is 2.03. The summed E-state index contributed by atoms with van der Waals surface area (Å²) in [6.07, 6.45) is -0.635. The van der Waals surface area contributed by atoms with Gasteiger partial charge >= 0.3 is 0 Å². The van der Waals surface area contributed by atoms with Gasteiger partial charge in [-0.1, -0.05) is 60.1 Å². The molecule has 0 fully saturated rings. The van der Waals surface area contributed by atoms with Gasteiger partial charge in [-0.05, 0) is 24.0 Å². The highest BCUT2D eigenvalue weighted by molar-refractivity contribution is 7.99. The van der Waals surface area contributed by atoms with Crippen molar-refractivity contribution in [3.63, 3.8) is 0 Å². The molecule has 1 N–H and O–H groups in total. The zero-order valence-electron chi connectivity index (χ0n) is 15.1. The third kappa shape index (κ3) is 3.57. The average Bonchev–Trinajstić information content (AvgIpc) is 2.84. The van der Waals surface area contributed by atoms with E-state index in [9.17, 15) is 0 Å². The lowest BCUT2D eigenvalue weighted by molar-refractivity contribution is 0.220. The summed E-state index contributed by atoms with van der Waals surface area (Å²) in [4.78, 5) is 4.56. The van der Waals surface area contributed by atoms with E-state index in [1.165, 1.54) is 11.8 Å². The Morgan fingerprint density at radius 1 is 1.21 bits per heavy atom. The van der Waals surface area contributed by atoms with Crippen molar-refractivity contribution >= 4 is 40.7 Å². The number of benzene rings is 2. The topological polar surface area (TPSA) is 69.2 Å². The number of nitrogens with one attached hydrogen (secondary N) is 1. The van der Waals surface area contributed by atoms with E-state index in [1.807, 2.05) is 31.2 Å². The Balaban J connectivity index is 1.88. The van der Waals surface area contributed by atoms with Crippen LogP contribution in [-0.2, 0) is 0 Å². The molecule has 6 nitrogen and oxygen atoms in total. The fraction of sp³-hybridized carbons (Fsp3) is 0.211. The molecular formula is C19H16Cl2N4O2S. The highest BCUT2D eigenvalue weighted by Gasteiger charge is 2.29. The number of ether oxygens (including phenoxy) is 2. The lowest BCUT2D eigenvalue weighted by atomic mass is 10.1. The molecule has 0 bridgehead atoms. The summed E-state index contributed by atoms with van der Waals surface area (Å²) in [5, 5.41) is 13.4. The second-order valence-electron chi connectivity index (χ2n) is 5.88. The van der Waals surface area contributed by atoms with Gasteiger partial charge in [-0.3, -0.25) is 0 Å². The van der Waals surface area contributed by atoms with E-state index in [4.69, 9.17) is 32.7 Å². The van der Waals surface area contributed by atoms with Crippen molar-refractivity contribution in [2.75, 3.05) is 18.2 Å². The molecule has 1 aliphatic rings. The molecule has 0 unspecified atom stereocenters. The molecule has 0 saturated carbocycles. The van der Waals surface area contributed by atoms with Crippen molar-refractivity contribution < 1.29 is 9.47 Å². The molecule has 2 aromatic carbocycles. The Hall–Kier alpha value is -2.22. The van der Waals surface area contributed by atoms with Crippen LogP contribution in [0.1, 0.15) is 18.7 Å². The summed E-state index contributed by atoms with van der Waals surface area (Å²) in [6, 6.07) is 11.1. The van der Waals surface area contributed by atoms with Crippen molar-refractivity contribution in [2.45, 2.75) is 18.3 Å². The van der Waals surface area contributed by atoms with Crippen LogP contribution in [-0.4, -0.2) is 28.0 Å². The molecule has 0 spiro atoms. The number of hydrogen-bond donors (Lipinski definition) is 1. The normalized spacial score (nSPS) is 14.9. The molecule has 0 radical (unpaired) electrons. The number of para-hydroxylation sites is 1. The number of aromatic nitrogens is 3. The number of methoxy groups -OCH3 is 1. The third-order valence-corrected chi connectivity index (χ3v) is 5.35. The number of thioether (sulfide) groups is 1. The van der Waals surface area contributed by atoms with Gasteiger partial charge in [-0.2, -0.15) is 4.98 Å². The molecule has 0 aliphatic carbocycles. The number of rotatable bonds is 4. The van der Waals surface area contributed by atoms with Gasteiger partial charge in [-0.15, -0.1) is 10.2 Å². The smallest absolute Gasteiger partial charge is 0.247 e. The number of fused-ring (bicyclic) bond motifs is 3. The number of halogens is 2. The standard InChI is InChI=1S/C19H16Cl2N4O2S/c1-3-28-19-23-18-15(24-25-19)11-6-4-5-7-14(11)22-17(27-18)12-8-10(20)9-13(21)16(12)26-2/h4-9,17,22H,3H2,1-2H3/t17-/m0/s1. The number of hydrogen-bond acceptors (Lipinski definition) is 7. The summed E-state index contributed by atoms with van der Waals surface area (Å²) in [5.41, 5.74) is 2.90. The van der Waals surface area contributed by atoms with Crippen LogP contribution in [0.2, 0.25) is 10.0 Å². The SMILES string of the molecule is CCSc1nnc2c(n1)O[C@@H](c1cc(Cl)cc(Cl)c1OC)Nc1ccccc1-2. The van der Waals surface area contributed by atoms with E-state index >= 15 is 0 Å². The summed E-state index contributed by atoms with van der Waals surface area (Å²) < 4.78 is 11.7. The van der Waals surface area contributed by atoms with Gasteiger partial charge in [0.25, 0.3) is 0 Å². The Bertz CT molecular complexity index is 1030. The van der Waals surface area contributed by atoms with E-state index in [2.05, 4.69) is 20.5 Å². The molecule has 1 atom stereocenters. The summed E-state index contributed by atoms with van der Waals surface area (Å²) in [5.74, 6) is 1.69. The van der Waals surface area contributed by atoms with Gasteiger partial charge < -0.3 is 14.8 Å². The Morgan fingerprint density at radius 3 is 2.82 bits per heavy atom. The van der Waals surface area contributed by atoms with Crippen molar-refractivity contribution in [3.05, 3.63) is 52.0 Å². The van der Waals surface area contributed by atoms with Gasteiger partial charge in [0.1, 0.15) is 5.75 Å². The summed E-state index contributed by atoms with van der Waals surface area (Å²) >= 11 is 14.1. The van der Waals surface area contributed by atoms with Crippen molar-refractivity contribution in [1.29, 1.82) is 0 Å². The number of nitrogens with zero attached hydrogens (tertiary/aromatic N) is 3. The highest BCUT2D eigenvalue weighted by atomic mass is 35.5. The maximum atomic E-state index is 6.33. The second-order valence-corrected chi connectivity index (χ2v) is 7.95. The van der Waals surface area contributed by atoms with Gasteiger partial charge in [0, 0.05) is 16.3 Å². The Kier molecular flexibility index (Phi) is 5.48. The monoisotopic (exact) mass is 434 g/mol. The van der Waals surface area contributed by atoms with Crippen LogP contribution in [0.15, 0.2) is 41.6 Å². The molecule has 2 heterocycles. The first kappa shape index (κ1) is 19.1. The van der Waals surface area contributed by atoms with Gasteiger partial charge in [0.15, 0.2) is 5.69 Å². The maximum absolute atomic E-state index is 6.33. The van der Waals surface area contributed by atoms with Crippen LogP contribution in [0.3, 0.4) is 0 Å². The maximum Gasteiger partial charge on any atom is 0.247 e. The minimum Gasteiger partial charge on any atom is -0.495 e. The Morgan fingerprint density at radius 2 is 2.04 bits per heavy atom. The largest absolute Gasteiger partial charge is 0.495 e. The highest BCUT2D eigenvalue weighted by Crippen LogP contribution is 2.43. The quantitative estimate of drug-likeness (QED) is 0.545. The van der Waals surface area contributed by atoms with Crippen molar-refractivity contribution in [2.24, 2.45) is 0 Å². The van der Waals surface area contributed by atoms with Gasteiger partial charge in [-0.25, -0.2) is 0 Å². The van der Waals surface area contributed by atoms with Crippen LogP contribution in [0.25, 0.3) is 11.3 Å². The first-order valence-corrected chi connectivity index (χ1v) is 10.3. The van der Waals surface area contributed by atoms with Crippen LogP contribution in [0, 0.1) is 0 Å². The van der Waals surface area contributed by atoms with Crippen LogP contribution in [0.4, 0.5) is 5.69 Å². The van der Waals surface area contributed by atoms with Gasteiger partial charge in [0.05, 0.1) is 17.7 Å². The minimum atomic E-state index is -0.635. The fourth-order valence-electron chi connectivity index (χ4n) is 2.97. The minimum absolute atomic E-state index is 0.381. The average molecular weight is 435 g/mol.